The third-order valence-corrected chi connectivity index (χ3v) is 7.96. The van der Waals surface area contributed by atoms with Gasteiger partial charge in [0.05, 0.1) is 17.7 Å². The number of rotatable bonds is 5. The zero-order valence-corrected chi connectivity index (χ0v) is 19.4. The number of anilines is 2. The van der Waals surface area contributed by atoms with Crippen molar-refractivity contribution in [3.8, 4) is 5.75 Å². The van der Waals surface area contributed by atoms with Gasteiger partial charge in [-0.3, -0.25) is 9.59 Å². The zero-order valence-electron chi connectivity index (χ0n) is 17.9. The van der Waals surface area contributed by atoms with Crippen LogP contribution in [0.1, 0.15) is 18.4 Å². The smallest absolute Gasteiger partial charge is 0.243 e. The number of hydrogen-bond acceptors (Lipinski definition) is 6. The number of carbonyl (C=O) groups is 2. The fourth-order valence-electron chi connectivity index (χ4n) is 4.09. The number of imide groups is 1. The molecule has 2 amide bonds. The zero-order chi connectivity index (χ0) is 23.0. The Labute approximate surface area is 192 Å². The molecule has 0 aliphatic carbocycles. The first-order valence-electron chi connectivity index (χ1n) is 10.3. The van der Waals surface area contributed by atoms with Crippen LogP contribution in [0.25, 0.3) is 0 Å². The van der Waals surface area contributed by atoms with Crippen molar-refractivity contribution < 1.29 is 22.7 Å². The molecule has 2 aliphatic rings. The van der Waals surface area contributed by atoms with Gasteiger partial charge < -0.3 is 9.64 Å². The molecule has 2 fully saturated rings. The molecule has 0 N–H and O–H groups in total. The Morgan fingerprint density at radius 3 is 2.19 bits per heavy atom. The maximum atomic E-state index is 13.3. The Hall–Kier alpha value is -2.62. The van der Waals surface area contributed by atoms with Gasteiger partial charge in [-0.1, -0.05) is 17.7 Å². The molecule has 0 spiro atoms. The van der Waals surface area contributed by atoms with E-state index in [2.05, 4.69) is 4.90 Å². The van der Waals surface area contributed by atoms with Gasteiger partial charge in [-0.2, -0.15) is 4.31 Å². The summed E-state index contributed by atoms with van der Waals surface area (Å²) in [6, 6.07) is 9.94. The summed E-state index contributed by atoms with van der Waals surface area (Å²) < 4.78 is 33.4. The van der Waals surface area contributed by atoms with Crippen LogP contribution < -0.4 is 14.5 Å². The van der Waals surface area contributed by atoms with Crippen LogP contribution in [0, 0.1) is 6.92 Å². The molecule has 0 atom stereocenters. The van der Waals surface area contributed by atoms with Crippen LogP contribution in [0.4, 0.5) is 11.4 Å². The van der Waals surface area contributed by atoms with Crippen molar-refractivity contribution in [2.45, 2.75) is 24.7 Å². The fourth-order valence-corrected chi connectivity index (χ4v) is 5.70. The standard InChI is InChI=1S/C22H24ClN3O5S/c1-15-3-4-16(23)13-18(15)24-9-11-25(12-10-24)32(29,30)17-5-6-20(31-2)19(14-17)26-21(27)7-8-22(26)28/h3-6,13-14H,7-12H2,1-2H3. The summed E-state index contributed by atoms with van der Waals surface area (Å²) in [5.41, 5.74) is 2.23. The lowest BCUT2D eigenvalue weighted by atomic mass is 10.1. The maximum absolute atomic E-state index is 13.3. The lowest BCUT2D eigenvalue weighted by molar-refractivity contribution is -0.121. The molecule has 0 aromatic heterocycles. The van der Waals surface area contributed by atoms with Gasteiger partial charge in [-0.05, 0) is 42.8 Å². The van der Waals surface area contributed by atoms with E-state index in [9.17, 15) is 18.0 Å². The van der Waals surface area contributed by atoms with E-state index in [0.29, 0.717) is 31.2 Å². The number of aryl methyl sites for hydroxylation is 1. The van der Waals surface area contributed by atoms with Crippen LogP contribution in [0.5, 0.6) is 5.75 Å². The molecular formula is C22H24ClN3O5S. The van der Waals surface area contributed by atoms with Crippen LogP contribution >= 0.6 is 11.6 Å². The average molecular weight is 478 g/mol. The topological polar surface area (TPSA) is 87.2 Å². The van der Waals surface area contributed by atoms with Crippen molar-refractivity contribution in [3.05, 3.63) is 47.0 Å². The number of piperazine rings is 1. The first-order valence-corrected chi connectivity index (χ1v) is 12.1. The van der Waals surface area contributed by atoms with Gasteiger partial charge in [0.2, 0.25) is 21.8 Å². The van der Waals surface area contributed by atoms with E-state index in [1.165, 1.54) is 29.6 Å². The second kappa shape index (κ2) is 8.73. The first-order chi connectivity index (χ1) is 15.2. The summed E-state index contributed by atoms with van der Waals surface area (Å²) in [5, 5.41) is 0.637. The van der Waals surface area contributed by atoms with Crippen LogP contribution in [0.2, 0.25) is 5.02 Å². The van der Waals surface area contributed by atoms with Gasteiger partial charge in [-0.15, -0.1) is 0 Å². The van der Waals surface area contributed by atoms with Crippen molar-refractivity contribution in [3.63, 3.8) is 0 Å². The minimum Gasteiger partial charge on any atom is -0.495 e. The quantitative estimate of drug-likeness (QED) is 0.615. The molecule has 2 aliphatic heterocycles. The Kier molecular flexibility index (Phi) is 6.15. The Bertz CT molecular complexity index is 1160. The van der Waals surface area contributed by atoms with Crippen molar-refractivity contribution in [1.29, 1.82) is 0 Å². The van der Waals surface area contributed by atoms with Crippen LogP contribution in [0.15, 0.2) is 41.3 Å². The van der Waals surface area contributed by atoms with Crippen molar-refractivity contribution in [2.75, 3.05) is 43.1 Å². The molecule has 2 heterocycles. The third kappa shape index (κ3) is 4.07. The highest BCUT2D eigenvalue weighted by Gasteiger charge is 2.35. The van der Waals surface area contributed by atoms with Crippen LogP contribution in [0.3, 0.4) is 0 Å². The maximum Gasteiger partial charge on any atom is 0.243 e. The predicted octanol–water partition coefficient (Wildman–Crippen LogP) is 2.82. The van der Waals surface area contributed by atoms with Gasteiger partial charge in [0.1, 0.15) is 5.75 Å². The van der Waals surface area contributed by atoms with Crippen LogP contribution in [-0.4, -0.2) is 57.8 Å². The van der Waals surface area contributed by atoms with E-state index < -0.39 is 10.0 Å². The molecule has 10 heteroatoms. The summed E-state index contributed by atoms with van der Waals surface area (Å²) in [6.45, 7) is 3.64. The number of halogens is 1. The Balaban J connectivity index is 1.58. The minimum absolute atomic E-state index is 0.0215. The highest BCUT2D eigenvalue weighted by atomic mass is 35.5. The number of ether oxygens (including phenoxy) is 1. The summed E-state index contributed by atoms with van der Waals surface area (Å²) in [6.07, 6.45) is 0.202. The number of hydrogen-bond donors (Lipinski definition) is 0. The minimum atomic E-state index is -3.82. The van der Waals surface area contributed by atoms with Gasteiger partial charge in [0, 0.05) is 49.7 Å². The van der Waals surface area contributed by atoms with Crippen molar-refractivity contribution >= 4 is 44.8 Å². The predicted molar refractivity (Wildman–Crippen MR) is 122 cm³/mol. The number of carbonyl (C=O) groups excluding carboxylic acids is 2. The molecule has 32 heavy (non-hydrogen) atoms. The molecular weight excluding hydrogens is 454 g/mol. The van der Waals surface area contributed by atoms with Crippen molar-refractivity contribution in [1.82, 2.24) is 4.31 Å². The van der Waals surface area contributed by atoms with Gasteiger partial charge in [0.15, 0.2) is 0 Å². The summed E-state index contributed by atoms with van der Waals surface area (Å²) in [4.78, 5) is 27.6. The number of nitrogens with zero attached hydrogens (tertiary/aromatic N) is 3. The van der Waals surface area contributed by atoms with E-state index in [0.717, 1.165) is 16.2 Å². The molecule has 0 bridgehead atoms. The SMILES string of the molecule is COc1ccc(S(=O)(=O)N2CCN(c3cc(Cl)ccc3C)CC2)cc1N1C(=O)CCC1=O. The molecule has 2 saturated heterocycles. The second-order valence-electron chi connectivity index (χ2n) is 7.78. The number of benzene rings is 2. The normalized spacial score (nSPS) is 17.8. The Morgan fingerprint density at radius 1 is 0.906 bits per heavy atom. The molecule has 170 valence electrons. The van der Waals surface area contributed by atoms with E-state index in [4.69, 9.17) is 16.3 Å². The Morgan fingerprint density at radius 2 is 1.56 bits per heavy atom. The molecule has 0 saturated carbocycles. The van der Waals surface area contributed by atoms with Gasteiger partial charge >= 0.3 is 0 Å². The monoisotopic (exact) mass is 477 g/mol. The average Bonchev–Trinajstić information content (AvgIpc) is 3.12. The van der Waals surface area contributed by atoms with Crippen LogP contribution in [-0.2, 0) is 19.6 Å². The summed E-state index contributed by atoms with van der Waals surface area (Å²) in [7, 11) is -2.41. The first kappa shape index (κ1) is 22.6. The molecule has 0 radical (unpaired) electrons. The third-order valence-electron chi connectivity index (χ3n) is 5.83. The van der Waals surface area contributed by atoms with E-state index in [-0.39, 0.29) is 41.0 Å². The highest BCUT2D eigenvalue weighted by molar-refractivity contribution is 7.89. The molecule has 8 nitrogen and oxygen atoms in total. The molecule has 0 unspecified atom stereocenters. The lowest BCUT2D eigenvalue weighted by Gasteiger charge is -2.36. The summed E-state index contributed by atoms with van der Waals surface area (Å²) >= 11 is 6.14. The van der Waals surface area contributed by atoms with Crippen molar-refractivity contribution in [2.24, 2.45) is 0 Å². The molecule has 4 rings (SSSR count). The number of sulfonamides is 1. The largest absolute Gasteiger partial charge is 0.495 e. The van der Waals surface area contributed by atoms with Gasteiger partial charge in [-0.25, -0.2) is 13.3 Å². The van der Waals surface area contributed by atoms with E-state index >= 15 is 0 Å². The number of amides is 2. The molecule has 2 aromatic rings. The lowest BCUT2D eigenvalue weighted by Crippen LogP contribution is -2.48. The van der Waals surface area contributed by atoms with Gasteiger partial charge in [0.25, 0.3) is 0 Å². The number of methoxy groups -OCH3 is 1. The van der Waals surface area contributed by atoms with E-state index in [1.54, 1.807) is 0 Å². The summed E-state index contributed by atoms with van der Waals surface area (Å²) in [5.74, 6) is -0.462. The highest BCUT2D eigenvalue weighted by Crippen LogP contribution is 2.35. The second-order valence-corrected chi connectivity index (χ2v) is 10.2. The van der Waals surface area contributed by atoms with E-state index in [1.807, 2.05) is 25.1 Å². The fraction of sp³-hybridized carbons (Fsp3) is 0.364. The molecule has 2 aromatic carbocycles.